The number of rotatable bonds is 4. The van der Waals surface area contributed by atoms with Crippen molar-refractivity contribution in [2.24, 2.45) is 0 Å². The number of aryl methyl sites for hydroxylation is 1. The number of anilines is 1. The molecule has 0 spiro atoms. The van der Waals surface area contributed by atoms with Crippen molar-refractivity contribution in [2.75, 3.05) is 17.5 Å². The van der Waals surface area contributed by atoms with Crippen molar-refractivity contribution in [1.82, 2.24) is 19.5 Å². The molecule has 1 atom stereocenters. The maximum absolute atomic E-state index is 13.5. The van der Waals surface area contributed by atoms with Crippen LogP contribution < -0.4 is 10.3 Å². The lowest BCUT2D eigenvalue weighted by Crippen LogP contribution is -2.39. The molecule has 0 radical (unpaired) electrons. The number of likely N-dealkylation sites (tertiary alicyclic amines) is 1. The van der Waals surface area contributed by atoms with Crippen molar-refractivity contribution in [3.05, 3.63) is 63.2 Å². The van der Waals surface area contributed by atoms with Crippen LogP contribution in [-0.4, -0.2) is 46.6 Å². The number of sulfonamides is 1. The minimum absolute atomic E-state index is 0.162. The first kappa shape index (κ1) is 21.1. The van der Waals surface area contributed by atoms with Gasteiger partial charge in [0.1, 0.15) is 0 Å². The van der Waals surface area contributed by atoms with Crippen LogP contribution in [-0.2, 0) is 10.0 Å². The van der Waals surface area contributed by atoms with Gasteiger partial charge in [-0.25, -0.2) is 17.9 Å². The lowest BCUT2D eigenvalue weighted by Gasteiger charge is -2.35. The third-order valence-corrected chi connectivity index (χ3v) is 6.27. The van der Waals surface area contributed by atoms with Crippen LogP contribution >= 0.6 is 0 Å². The topological polar surface area (TPSA) is 117 Å². The summed E-state index contributed by atoms with van der Waals surface area (Å²) >= 11 is 0. The van der Waals surface area contributed by atoms with Gasteiger partial charge < -0.3 is 4.90 Å². The van der Waals surface area contributed by atoms with Gasteiger partial charge in [0.2, 0.25) is 10.0 Å². The summed E-state index contributed by atoms with van der Waals surface area (Å²) < 4.78 is 27.3. The molecule has 10 heteroatoms. The highest BCUT2D eigenvalue weighted by Gasteiger charge is 2.31. The molecule has 1 aromatic carbocycles. The molecule has 1 saturated heterocycles. The fourth-order valence-electron chi connectivity index (χ4n) is 4.02. The van der Waals surface area contributed by atoms with Crippen LogP contribution in [0.4, 0.5) is 5.69 Å². The largest absolute Gasteiger partial charge is 0.330 e. The number of aromatic amines is 1. The maximum Gasteiger partial charge on any atom is 0.275 e. The van der Waals surface area contributed by atoms with E-state index in [9.17, 15) is 18.0 Å². The summed E-state index contributed by atoms with van der Waals surface area (Å²) in [5, 5.41) is 3.13. The highest BCUT2D eigenvalue weighted by atomic mass is 32.2. The van der Waals surface area contributed by atoms with Crippen molar-refractivity contribution in [3.63, 3.8) is 0 Å². The molecule has 1 aliphatic heterocycles. The van der Waals surface area contributed by atoms with Crippen LogP contribution in [0.3, 0.4) is 0 Å². The Morgan fingerprint density at radius 3 is 2.71 bits per heavy atom. The van der Waals surface area contributed by atoms with Crippen molar-refractivity contribution in [2.45, 2.75) is 39.2 Å². The van der Waals surface area contributed by atoms with Crippen LogP contribution in [0.15, 0.2) is 35.1 Å². The summed E-state index contributed by atoms with van der Waals surface area (Å²) in [5.74, 6) is -0.261. The van der Waals surface area contributed by atoms with E-state index in [1.165, 1.54) is 4.52 Å². The lowest BCUT2D eigenvalue weighted by molar-refractivity contribution is 0.0607. The van der Waals surface area contributed by atoms with Crippen molar-refractivity contribution in [3.8, 4) is 0 Å². The number of aromatic nitrogens is 3. The molecule has 3 heterocycles. The zero-order chi connectivity index (χ0) is 22.3. The van der Waals surface area contributed by atoms with E-state index >= 15 is 0 Å². The number of amides is 1. The number of hydrogen-bond donors (Lipinski definition) is 2. The van der Waals surface area contributed by atoms with Gasteiger partial charge in [0.15, 0.2) is 5.65 Å². The van der Waals surface area contributed by atoms with Crippen molar-refractivity contribution in [1.29, 1.82) is 0 Å². The Morgan fingerprint density at radius 2 is 1.97 bits per heavy atom. The number of nitrogens with zero attached hydrogens (tertiary/aromatic N) is 3. The van der Waals surface area contributed by atoms with E-state index < -0.39 is 10.0 Å². The minimum Gasteiger partial charge on any atom is -0.330 e. The Morgan fingerprint density at radius 1 is 1.23 bits per heavy atom. The van der Waals surface area contributed by atoms with Crippen LogP contribution in [0.1, 0.15) is 52.6 Å². The average Bonchev–Trinajstić information content (AvgIpc) is 3.15. The summed E-state index contributed by atoms with van der Waals surface area (Å²) in [6.45, 7) is 4.07. The smallest absolute Gasteiger partial charge is 0.275 e. The molecule has 4 rings (SSSR count). The monoisotopic (exact) mass is 443 g/mol. The number of nitrogens with one attached hydrogen (secondary N) is 2. The van der Waals surface area contributed by atoms with Crippen molar-refractivity contribution >= 4 is 27.3 Å². The Labute approximate surface area is 180 Å². The minimum atomic E-state index is -3.53. The maximum atomic E-state index is 13.5. The molecule has 1 fully saturated rings. The first-order valence-corrected chi connectivity index (χ1v) is 12.0. The first-order chi connectivity index (χ1) is 14.7. The predicted molar refractivity (Wildman–Crippen MR) is 118 cm³/mol. The molecule has 2 N–H and O–H groups in total. The quantitative estimate of drug-likeness (QED) is 0.642. The zero-order valence-electron chi connectivity index (χ0n) is 17.7. The van der Waals surface area contributed by atoms with E-state index in [0.29, 0.717) is 23.4 Å². The molecule has 31 heavy (non-hydrogen) atoms. The normalized spacial score (nSPS) is 17.1. The van der Waals surface area contributed by atoms with E-state index in [4.69, 9.17) is 0 Å². The van der Waals surface area contributed by atoms with Gasteiger partial charge in [0, 0.05) is 23.9 Å². The molecular weight excluding hydrogens is 418 g/mol. The molecular formula is C21H25N5O4S. The summed E-state index contributed by atoms with van der Waals surface area (Å²) in [4.78, 5) is 32.3. The average molecular weight is 444 g/mol. The van der Waals surface area contributed by atoms with Crippen LogP contribution in [0, 0.1) is 13.8 Å². The highest BCUT2D eigenvalue weighted by molar-refractivity contribution is 7.92. The van der Waals surface area contributed by atoms with Crippen LogP contribution in [0.2, 0.25) is 0 Å². The zero-order valence-corrected chi connectivity index (χ0v) is 18.5. The van der Waals surface area contributed by atoms with Gasteiger partial charge in [-0.2, -0.15) is 0 Å². The van der Waals surface area contributed by atoms with Crippen molar-refractivity contribution < 1.29 is 13.2 Å². The molecule has 2 aromatic heterocycles. The van der Waals surface area contributed by atoms with E-state index in [-0.39, 0.29) is 28.8 Å². The SMILES string of the molecule is Cc1nc2cc([C@@H]3CCCCN3C(=O)c3ccccc3NS(C)(=O)=O)[nH]n2c(=O)c1C. The Bertz CT molecular complexity index is 1330. The van der Waals surface area contributed by atoms with Gasteiger partial charge >= 0.3 is 0 Å². The van der Waals surface area contributed by atoms with Gasteiger partial charge in [-0.3, -0.25) is 19.4 Å². The van der Waals surface area contributed by atoms with Gasteiger partial charge in [0.05, 0.1) is 29.2 Å². The standard InChI is InChI=1S/C21H25N5O4S/c1-13-14(2)22-19-12-17(23-26(19)20(13)27)18-10-6-7-11-25(18)21(28)15-8-4-5-9-16(15)24-31(3,29)30/h4-5,8-9,12,18,23-24H,6-7,10-11H2,1-3H3/t18-/m0/s1. The number of H-pyrrole nitrogens is 1. The van der Waals surface area contributed by atoms with Gasteiger partial charge in [-0.1, -0.05) is 12.1 Å². The van der Waals surface area contributed by atoms with Gasteiger partial charge in [0.25, 0.3) is 11.5 Å². The highest BCUT2D eigenvalue weighted by Crippen LogP contribution is 2.33. The molecule has 0 bridgehead atoms. The number of benzene rings is 1. The molecule has 1 amide bonds. The summed E-state index contributed by atoms with van der Waals surface area (Å²) in [6, 6.07) is 8.12. The second-order valence-electron chi connectivity index (χ2n) is 7.96. The van der Waals surface area contributed by atoms with E-state index in [1.54, 1.807) is 43.0 Å². The summed E-state index contributed by atoms with van der Waals surface area (Å²) in [7, 11) is -3.53. The third-order valence-electron chi connectivity index (χ3n) is 5.68. The van der Waals surface area contributed by atoms with Gasteiger partial charge in [-0.05, 0) is 45.2 Å². The summed E-state index contributed by atoms with van der Waals surface area (Å²) in [6.07, 6.45) is 3.57. The second-order valence-corrected chi connectivity index (χ2v) is 9.71. The summed E-state index contributed by atoms with van der Waals surface area (Å²) in [5.41, 5.74) is 2.87. The van der Waals surface area contributed by atoms with E-state index in [2.05, 4.69) is 14.8 Å². The molecule has 0 aliphatic carbocycles. The van der Waals surface area contributed by atoms with Crippen LogP contribution in [0.5, 0.6) is 0 Å². The van der Waals surface area contributed by atoms with Gasteiger partial charge in [-0.15, -0.1) is 0 Å². The lowest BCUT2D eigenvalue weighted by atomic mass is 9.98. The van der Waals surface area contributed by atoms with E-state index in [0.717, 1.165) is 31.2 Å². The fraction of sp³-hybridized carbons (Fsp3) is 0.381. The number of piperidine rings is 1. The fourth-order valence-corrected chi connectivity index (χ4v) is 4.60. The number of para-hydroxylation sites is 1. The number of carbonyl (C=O) groups excluding carboxylic acids is 1. The molecule has 164 valence electrons. The second kappa shape index (κ2) is 7.84. The Hall–Kier alpha value is -3.14. The molecule has 0 unspecified atom stereocenters. The van der Waals surface area contributed by atoms with Crippen LogP contribution in [0.25, 0.3) is 5.65 Å². The Balaban J connectivity index is 1.74. The molecule has 0 saturated carbocycles. The molecule has 9 nitrogen and oxygen atoms in total. The van der Waals surface area contributed by atoms with E-state index in [1.807, 2.05) is 6.07 Å². The molecule has 3 aromatic rings. The number of hydrogen-bond acceptors (Lipinski definition) is 5. The predicted octanol–water partition coefficient (Wildman–Crippen LogP) is 2.38. The third kappa shape index (κ3) is 4.07. The molecule has 1 aliphatic rings. The Kier molecular flexibility index (Phi) is 5.34. The number of fused-ring (bicyclic) bond motifs is 1. The first-order valence-electron chi connectivity index (χ1n) is 10.1. The number of carbonyl (C=O) groups is 1.